The molecule has 0 radical (unpaired) electrons. The first-order valence-electron chi connectivity index (χ1n) is 7.77. The number of aliphatic carboxylic acids is 1. The van der Waals surface area contributed by atoms with Crippen molar-refractivity contribution in [2.75, 3.05) is 32.7 Å². The molecule has 1 aliphatic rings. The molecule has 0 bridgehead atoms. The van der Waals surface area contributed by atoms with Crippen LogP contribution in [0.25, 0.3) is 0 Å². The van der Waals surface area contributed by atoms with Crippen molar-refractivity contribution in [3.63, 3.8) is 0 Å². The van der Waals surface area contributed by atoms with Crippen LogP contribution in [0.1, 0.15) is 46.0 Å². The summed E-state index contributed by atoms with van der Waals surface area (Å²) >= 11 is 0. The molecule has 1 atom stereocenters. The zero-order chi connectivity index (χ0) is 15.0. The van der Waals surface area contributed by atoms with E-state index in [0.29, 0.717) is 13.1 Å². The zero-order valence-electron chi connectivity index (χ0n) is 12.8. The van der Waals surface area contributed by atoms with Crippen LogP contribution >= 0.6 is 0 Å². The number of carboxylic acids is 1. The Labute approximate surface area is 121 Å². The summed E-state index contributed by atoms with van der Waals surface area (Å²) in [5.74, 6) is -1.08. The summed E-state index contributed by atoms with van der Waals surface area (Å²) in [7, 11) is 0. The van der Waals surface area contributed by atoms with E-state index in [4.69, 9.17) is 5.11 Å². The van der Waals surface area contributed by atoms with Gasteiger partial charge in [-0.2, -0.15) is 0 Å². The second-order valence-electron chi connectivity index (χ2n) is 5.77. The van der Waals surface area contributed by atoms with Crippen molar-refractivity contribution >= 4 is 11.9 Å². The number of amides is 1. The third kappa shape index (κ3) is 5.90. The molecule has 0 aromatic rings. The molecule has 1 unspecified atom stereocenters. The summed E-state index contributed by atoms with van der Waals surface area (Å²) in [5.41, 5.74) is 0. The van der Waals surface area contributed by atoms with Gasteiger partial charge < -0.3 is 10.0 Å². The largest absolute Gasteiger partial charge is 0.481 e. The summed E-state index contributed by atoms with van der Waals surface area (Å²) in [6, 6.07) is 0. The molecule has 1 N–H and O–H groups in total. The molecule has 0 aliphatic carbocycles. The van der Waals surface area contributed by atoms with E-state index in [1.807, 2.05) is 9.80 Å². The molecule has 1 saturated heterocycles. The number of hydrogen-bond acceptors (Lipinski definition) is 3. The smallest absolute Gasteiger partial charge is 0.307 e. The fourth-order valence-electron chi connectivity index (χ4n) is 2.63. The topological polar surface area (TPSA) is 60.9 Å². The van der Waals surface area contributed by atoms with Gasteiger partial charge in [-0.25, -0.2) is 0 Å². The summed E-state index contributed by atoms with van der Waals surface area (Å²) in [5, 5.41) is 9.00. The molecule has 116 valence electrons. The van der Waals surface area contributed by atoms with Crippen LogP contribution in [0.2, 0.25) is 0 Å². The Morgan fingerprint density at radius 1 is 1.20 bits per heavy atom. The Morgan fingerprint density at radius 2 is 1.80 bits per heavy atom. The van der Waals surface area contributed by atoms with Crippen molar-refractivity contribution in [1.29, 1.82) is 0 Å². The minimum atomic E-state index is -0.798. The molecule has 1 fully saturated rings. The lowest BCUT2D eigenvalue weighted by Crippen LogP contribution is -2.43. The highest BCUT2D eigenvalue weighted by molar-refractivity contribution is 5.78. The molecule has 5 nitrogen and oxygen atoms in total. The molecular weight excluding hydrogens is 256 g/mol. The maximum atomic E-state index is 12.3. The Hall–Kier alpha value is -1.10. The lowest BCUT2D eigenvalue weighted by molar-refractivity contribution is -0.142. The van der Waals surface area contributed by atoms with Gasteiger partial charge in [0, 0.05) is 19.6 Å². The molecule has 0 spiro atoms. The summed E-state index contributed by atoms with van der Waals surface area (Å²) in [6.07, 6.45) is 5.52. The Morgan fingerprint density at radius 3 is 2.30 bits per heavy atom. The van der Waals surface area contributed by atoms with Crippen molar-refractivity contribution in [3.05, 3.63) is 0 Å². The average molecular weight is 284 g/mol. The van der Waals surface area contributed by atoms with Crippen LogP contribution in [0, 0.1) is 5.92 Å². The highest BCUT2D eigenvalue weighted by Gasteiger charge is 2.21. The van der Waals surface area contributed by atoms with Crippen LogP contribution in [0.3, 0.4) is 0 Å². The predicted molar refractivity (Wildman–Crippen MR) is 78.6 cm³/mol. The average Bonchev–Trinajstić information content (AvgIpc) is 2.67. The van der Waals surface area contributed by atoms with Gasteiger partial charge in [-0.15, -0.1) is 0 Å². The highest BCUT2D eigenvalue weighted by Crippen LogP contribution is 2.11. The van der Waals surface area contributed by atoms with E-state index < -0.39 is 11.9 Å². The van der Waals surface area contributed by atoms with Crippen molar-refractivity contribution < 1.29 is 14.7 Å². The van der Waals surface area contributed by atoms with Gasteiger partial charge >= 0.3 is 5.97 Å². The van der Waals surface area contributed by atoms with Gasteiger partial charge in [0.1, 0.15) is 0 Å². The lowest BCUT2D eigenvalue weighted by Gasteiger charge is -2.27. The summed E-state index contributed by atoms with van der Waals surface area (Å²) in [4.78, 5) is 27.2. The molecule has 0 saturated carbocycles. The van der Waals surface area contributed by atoms with Crippen LogP contribution in [0.5, 0.6) is 0 Å². The molecule has 0 aromatic carbocycles. The van der Waals surface area contributed by atoms with Crippen LogP contribution in [0.4, 0.5) is 0 Å². The molecule has 20 heavy (non-hydrogen) atoms. The van der Waals surface area contributed by atoms with Gasteiger partial charge in [0.25, 0.3) is 0 Å². The van der Waals surface area contributed by atoms with Gasteiger partial charge in [-0.05, 0) is 25.8 Å². The van der Waals surface area contributed by atoms with Crippen molar-refractivity contribution in [1.82, 2.24) is 9.80 Å². The van der Waals surface area contributed by atoms with Crippen molar-refractivity contribution in [3.8, 4) is 0 Å². The van der Waals surface area contributed by atoms with E-state index in [2.05, 4.69) is 6.92 Å². The number of carbonyl (C=O) groups excluding carboxylic acids is 1. The van der Waals surface area contributed by atoms with Crippen LogP contribution in [-0.2, 0) is 9.59 Å². The predicted octanol–water partition coefficient (Wildman–Crippen LogP) is 1.82. The number of nitrogens with zero attached hydrogens (tertiary/aromatic N) is 2. The van der Waals surface area contributed by atoms with Gasteiger partial charge in [0.15, 0.2) is 0 Å². The number of carboxylic acid groups (broad SMARTS) is 1. The van der Waals surface area contributed by atoms with E-state index >= 15 is 0 Å². The van der Waals surface area contributed by atoms with Gasteiger partial charge in [0.2, 0.25) is 5.91 Å². The fourth-order valence-corrected chi connectivity index (χ4v) is 2.63. The number of likely N-dealkylation sites (tertiary alicyclic amines) is 1. The second kappa shape index (κ2) is 8.95. The number of hydrogen-bond donors (Lipinski definition) is 1. The molecule has 0 aromatic heterocycles. The quantitative estimate of drug-likeness (QED) is 0.774. The van der Waals surface area contributed by atoms with Crippen LogP contribution in [-0.4, -0.2) is 59.5 Å². The lowest BCUT2D eigenvalue weighted by atomic mass is 10.1. The van der Waals surface area contributed by atoms with Gasteiger partial charge in [-0.1, -0.05) is 26.7 Å². The van der Waals surface area contributed by atoms with E-state index in [0.717, 1.165) is 38.9 Å². The maximum absolute atomic E-state index is 12.3. The first-order valence-corrected chi connectivity index (χ1v) is 7.77. The molecular formula is C15H28N2O3. The zero-order valence-corrected chi connectivity index (χ0v) is 12.8. The van der Waals surface area contributed by atoms with E-state index in [1.54, 1.807) is 6.92 Å². The maximum Gasteiger partial charge on any atom is 0.307 e. The van der Waals surface area contributed by atoms with Gasteiger partial charge in [0.05, 0.1) is 12.5 Å². The summed E-state index contributed by atoms with van der Waals surface area (Å²) < 4.78 is 0. The minimum absolute atomic E-state index is 0.151. The summed E-state index contributed by atoms with van der Waals surface area (Å²) in [6.45, 7) is 7.03. The Balaban J connectivity index is 2.50. The first-order chi connectivity index (χ1) is 9.54. The molecule has 1 amide bonds. The molecule has 1 rings (SSSR count). The van der Waals surface area contributed by atoms with E-state index in [9.17, 15) is 9.59 Å². The third-order valence-corrected chi connectivity index (χ3v) is 3.81. The molecule has 5 heteroatoms. The monoisotopic (exact) mass is 284 g/mol. The van der Waals surface area contributed by atoms with Gasteiger partial charge in [-0.3, -0.25) is 14.5 Å². The van der Waals surface area contributed by atoms with E-state index in [1.165, 1.54) is 12.8 Å². The van der Waals surface area contributed by atoms with Crippen LogP contribution in [0.15, 0.2) is 0 Å². The normalized spacial score (nSPS) is 17.9. The SMILES string of the molecule is CCCN(CC(=O)N1CCCCCC1)CC(C)C(=O)O. The Kier molecular flexibility index (Phi) is 7.59. The molecule has 1 aliphatic heterocycles. The standard InChI is InChI=1S/C15H28N2O3/c1-3-8-16(11-13(2)15(19)20)12-14(18)17-9-6-4-5-7-10-17/h13H,3-12H2,1-2H3,(H,19,20). The fraction of sp³-hybridized carbons (Fsp3) is 0.867. The minimum Gasteiger partial charge on any atom is -0.481 e. The van der Waals surface area contributed by atoms with E-state index in [-0.39, 0.29) is 5.91 Å². The van der Waals surface area contributed by atoms with Crippen molar-refractivity contribution in [2.24, 2.45) is 5.92 Å². The Bertz CT molecular complexity index is 312. The number of carbonyl (C=O) groups is 2. The van der Waals surface area contributed by atoms with Crippen LogP contribution < -0.4 is 0 Å². The number of rotatable bonds is 7. The van der Waals surface area contributed by atoms with Crippen molar-refractivity contribution in [2.45, 2.75) is 46.0 Å². The first kappa shape index (κ1) is 17.0. The third-order valence-electron chi connectivity index (χ3n) is 3.81. The molecule has 1 heterocycles. The second-order valence-corrected chi connectivity index (χ2v) is 5.77. The highest BCUT2D eigenvalue weighted by atomic mass is 16.4.